The maximum absolute atomic E-state index is 12.6. The van der Waals surface area contributed by atoms with Crippen molar-refractivity contribution in [3.63, 3.8) is 0 Å². The molecule has 0 saturated heterocycles. The maximum Gasteiger partial charge on any atom is 0.261 e. The van der Waals surface area contributed by atoms with Gasteiger partial charge in [0, 0.05) is 5.69 Å². The summed E-state index contributed by atoms with van der Waals surface area (Å²) >= 11 is 0. The van der Waals surface area contributed by atoms with E-state index in [-0.39, 0.29) is 22.4 Å². The molecule has 1 amide bonds. The Kier molecular flexibility index (Phi) is 4.86. The Morgan fingerprint density at radius 2 is 1.70 bits per heavy atom. The molecule has 1 aromatic heterocycles. The number of hydrogen-bond acceptors (Lipinski definition) is 3. The molecule has 138 valence electrons. The van der Waals surface area contributed by atoms with Crippen molar-refractivity contribution in [2.24, 2.45) is 0 Å². The number of nitrogens with one attached hydrogen (secondary N) is 2. The molecule has 5 heteroatoms. The average Bonchev–Trinajstić information content (AvgIpc) is 2.63. The highest BCUT2D eigenvalue weighted by Gasteiger charge is 2.18. The summed E-state index contributed by atoms with van der Waals surface area (Å²) < 4.78 is 0. The van der Waals surface area contributed by atoms with Gasteiger partial charge >= 0.3 is 0 Å². The zero-order valence-corrected chi connectivity index (χ0v) is 15.5. The average molecular weight is 362 g/mol. The van der Waals surface area contributed by atoms with Crippen LogP contribution >= 0.6 is 0 Å². The van der Waals surface area contributed by atoms with Crippen LogP contribution < -0.4 is 10.9 Å². The molecule has 5 nitrogen and oxygen atoms in total. The van der Waals surface area contributed by atoms with Crippen LogP contribution in [0.15, 0.2) is 65.5 Å². The highest BCUT2D eigenvalue weighted by Crippen LogP contribution is 2.30. The molecule has 0 radical (unpaired) electrons. The summed E-state index contributed by atoms with van der Waals surface area (Å²) in [6, 6.07) is 17.6. The van der Waals surface area contributed by atoms with Crippen molar-refractivity contribution in [2.45, 2.75) is 26.2 Å². The van der Waals surface area contributed by atoms with Crippen molar-refractivity contribution in [3.8, 4) is 17.0 Å². The van der Waals surface area contributed by atoms with Crippen molar-refractivity contribution < 1.29 is 9.90 Å². The smallest absolute Gasteiger partial charge is 0.261 e. The summed E-state index contributed by atoms with van der Waals surface area (Å²) in [5.74, 6) is -0.620. The van der Waals surface area contributed by atoms with Gasteiger partial charge in [-0.05, 0) is 40.8 Å². The first-order chi connectivity index (χ1) is 12.8. The predicted octanol–water partition coefficient (Wildman–Crippen LogP) is 4.30. The van der Waals surface area contributed by atoms with E-state index in [1.807, 2.05) is 57.2 Å². The van der Waals surface area contributed by atoms with Crippen LogP contribution in [0.2, 0.25) is 0 Å². The minimum absolute atomic E-state index is 0.0183. The minimum atomic E-state index is -0.572. The highest BCUT2D eigenvalue weighted by molar-refractivity contribution is 6.04. The number of pyridine rings is 1. The number of benzene rings is 2. The van der Waals surface area contributed by atoms with Crippen LogP contribution in [-0.4, -0.2) is 16.0 Å². The summed E-state index contributed by atoms with van der Waals surface area (Å²) in [4.78, 5) is 27.7. The molecule has 0 bridgehead atoms. The lowest BCUT2D eigenvalue weighted by Crippen LogP contribution is -2.23. The van der Waals surface area contributed by atoms with Gasteiger partial charge in [0.1, 0.15) is 11.3 Å². The number of carbonyl (C=O) groups excluding carboxylic acids is 1. The molecule has 0 aliphatic carbocycles. The van der Waals surface area contributed by atoms with Crippen molar-refractivity contribution in [1.82, 2.24) is 4.98 Å². The Labute approximate surface area is 157 Å². The van der Waals surface area contributed by atoms with E-state index in [9.17, 15) is 14.7 Å². The highest BCUT2D eigenvalue weighted by atomic mass is 16.3. The van der Waals surface area contributed by atoms with Crippen molar-refractivity contribution in [3.05, 3.63) is 82.1 Å². The predicted molar refractivity (Wildman–Crippen MR) is 107 cm³/mol. The first-order valence-corrected chi connectivity index (χ1v) is 8.69. The largest absolute Gasteiger partial charge is 0.506 e. The Balaban J connectivity index is 1.88. The number of H-pyrrole nitrogens is 1. The molecule has 0 aliphatic rings. The van der Waals surface area contributed by atoms with Gasteiger partial charge in [0.25, 0.3) is 11.5 Å². The second-order valence-electron chi connectivity index (χ2n) is 7.42. The number of carbonyl (C=O) groups is 1. The Bertz CT molecular complexity index is 1030. The number of anilines is 1. The van der Waals surface area contributed by atoms with Gasteiger partial charge in [0.05, 0.1) is 5.69 Å². The third-order valence-electron chi connectivity index (χ3n) is 4.35. The van der Waals surface area contributed by atoms with Crippen LogP contribution in [0.4, 0.5) is 5.69 Å². The molecule has 27 heavy (non-hydrogen) atoms. The zero-order valence-electron chi connectivity index (χ0n) is 15.5. The van der Waals surface area contributed by atoms with Gasteiger partial charge in [-0.3, -0.25) is 9.59 Å². The quantitative estimate of drug-likeness (QED) is 0.608. The topological polar surface area (TPSA) is 82.2 Å². The van der Waals surface area contributed by atoms with E-state index < -0.39 is 11.5 Å². The van der Waals surface area contributed by atoms with Crippen molar-refractivity contribution >= 4 is 11.6 Å². The normalized spacial score (nSPS) is 11.2. The number of amides is 1. The summed E-state index contributed by atoms with van der Waals surface area (Å²) in [5, 5.41) is 12.7. The van der Waals surface area contributed by atoms with Gasteiger partial charge < -0.3 is 15.4 Å². The van der Waals surface area contributed by atoms with Crippen LogP contribution in [0.5, 0.6) is 5.75 Å². The number of aromatic amines is 1. The molecule has 0 atom stereocenters. The number of phenolic OH excluding ortho intramolecular Hbond substituents is 1. The van der Waals surface area contributed by atoms with E-state index in [2.05, 4.69) is 10.3 Å². The molecule has 3 N–H and O–H groups in total. The molecule has 0 aliphatic heterocycles. The molecule has 0 saturated carbocycles. The van der Waals surface area contributed by atoms with E-state index in [1.54, 1.807) is 18.2 Å². The molecule has 0 unspecified atom stereocenters. The molecular formula is C22H22N2O3. The van der Waals surface area contributed by atoms with Crippen LogP contribution in [0, 0.1) is 0 Å². The lowest BCUT2D eigenvalue weighted by atomic mass is 9.87. The van der Waals surface area contributed by atoms with E-state index in [4.69, 9.17) is 0 Å². The van der Waals surface area contributed by atoms with Crippen molar-refractivity contribution in [1.29, 1.82) is 0 Å². The zero-order chi connectivity index (χ0) is 19.6. The lowest BCUT2D eigenvalue weighted by molar-refractivity contribution is 0.102. The maximum atomic E-state index is 12.6. The third-order valence-corrected chi connectivity index (χ3v) is 4.35. The molecule has 0 fully saturated rings. The molecule has 0 spiro atoms. The van der Waals surface area contributed by atoms with Crippen LogP contribution in [-0.2, 0) is 5.41 Å². The summed E-state index contributed by atoms with van der Waals surface area (Å²) in [6.45, 7) is 6.12. The fourth-order valence-electron chi connectivity index (χ4n) is 2.73. The van der Waals surface area contributed by atoms with Gasteiger partial charge in [0.2, 0.25) is 0 Å². The van der Waals surface area contributed by atoms with E-state index in [0.29, 0.717) is 5.69 Å². The van der Waals surface area contributed by atoms with Crippen LogP contribution in [0.1, 0.15) is 36.7 Å². The molecule has 2 aromatic carbocycles. The SMILES string of the molecule is CC(C)(C)c1ccc(O)c(NC(=O)c2ccc(-c3ccccc3)[nH]c2=O)c1. The summed E-state index contributed by atoms with van der Waals surface area (Å²) in [6.07, 6.45) is 0. The number of hydrogen-bond donors (Lipinski definition) is 3. The minimum Gasteiger partial charge on any atom is -0.506 e. The fourth-order valence-corrected chi connectivity index (χ4v) is 2.73. The van der Waals surface area contributed by atoms with Crippen LogP contribution in [0.25, 0.3) is 11.3 Å². The Morgan fingerprint density at radius 3 is 2.33 bits per heavy atom. The standard InChI is InChI=1S/C22H22N2O3/c1-22(2,3)15-9-12-19(25)18(13-15)24-21(27)16-10-11-17(23-20(16)26)14-7-5-4-6-8-14/h4-13,25H,1-3H3,(H,23,26)(H,24,27). The van der Waals surface area contributed by atoms with Gasteiger partial charge in [-0.25, -0.2) is 0 Å². The first kappa shape index (κ1) is 18.5. The van der Waals surface area contributed by atoms with Crippen LogP contribution in [0.3, 0.4) is 0 Å². The fraction of sp³-hybridized carbons (Fsp3) is 0.182. The third kappa shape index (κ3) is 4.08. The lowest BCUT2D eigenvalue weighted by Gasteiger charge is -2.20. The Morgan fingerprint density at radius 1 is 1.00 bits per heavy atom. The molecular weight excluding hydrogens is 340 g/mol. The summed E-state index contributed by atoms with van der Waals surface area (Å²) in [7, 11) is 0. The number of rotatable bonds is 3. The molecule has 1 heterocycles. The van der Waals surface area contributed by atoms with Gasteiger partial charge in [-0.2, -0.15) is 0 Å². The van der Waals surface area contributed by atoms with Gasteiger partial charge in [-0.1, -0.05) is 57.2 Å². The van der Waals surface area contributed by atoms with E-state index in [0.717, 1.165) is 11.1 Å². The monoisotopic (exact) mass is 362 g/mol. The number of phenols is 1. The second kappa shape index (κ2) is 7.11. The summed E-state index contributed by atoms with van der Waals surface area (Å²) in [5.41, 5.74) is 2.09. The number of aromatic nitrogens is 1. The van der Waals surface area contributed by atoms with E-state index >= 15 is 0 Å². The van der Waals surface area contributed by atoms with Gasteiger partial charge in [0.15, 0.2) is 0 Å². The van der Waals surface area contributed by atoms with Crippen molar-refractivity contribution in [2.75, 3.05) is 5.32 Å². The second-order valence-corrected chi connectivity index (χ2v) is 7.42. The Hall–Kier alpha value is -3.34. The molecule has 3 aromatic rings. The van der Waals surface area contributed by atoms with Gasteiger partial charge in [-0.15, -0.1) is 0 Å². The first-order valence-electron chi connectivity index (χ1n) is 8.69. The number of aromatic hydroxyl groups is 1. The molecule has 3 rings (SSSR count). The van der Waals surface area contributed by atoms with E-state index in [1.165, 1.54) is 6.07 Å².